The van der Waals surface area contributed by atoms with Crippen LogP contribution in [0.5, 0.6) is 0 Å². The van der Waals surface area contributed by atoms with Crippen LogP contribution in [0.3, 0.4) is 0 Å². The van der Waals surface area contributed by atoms with Crippen molar-refractivity contribution in [1.29, 1.82) is 0 Å². The number of hydrogen-bond acceptors (Lipinski definition) is 6. The molecule has 0 saturated heterocycles. The lowest BCUT2D eigenvalue weighted by Crippen LogP contribution is -2.15. The maximum atomic E-state index is 12.8. The van der Waals surface area contributed by atoms with E-state index in [1.54, 1.807) is 4.68 Å². The van der Waals surface area contributed by atoms with E-state index in [1.807, 2.05) is 71.9 Å². The summed E-state index contributed by atoms with van der Waals surface area (Å²) in [5.41, 5.74) is 6.58. The Balaban J connectivity index is 1.54. The predicted molar refractivity (Wildman–Crippen MR) is 122 cm³/mol. The van der Waals surface area contributed by atoms with E-state index in [-0.39, 0.29) is 12.3 Å². The minimum atomic E-state index is -0.131. The van der Waals surface area contributed by atoms with Gasteiger partial charge in [-0.2, -0.15) is 5.10 Å². The zero-order chi connectivity index (χ0) is 23.0. The predicted octanol–water partition coefficient (Wildman–Crippen LogP) is 4.35. The van der Waals surface area contributed by atoms with Crippen molar-refractivity contribution in [1.82, 2.24) is 24.7 Å². The quantitative estimate of drug-likeness (QED) is 0.505. The Morgan fingerprint density at radius 3 is 2.34 bits per heavy atom. The van der Waals surface area contributed by atoms with E-state index >= 15 is 0 Å². The van der Waals surface area contributed by atoms with Crippen molar-refractivity contribution in [3.05, 3.63) is 70.1 Å². The van der Waals surface area contributed by atoms with E-state index < -0.39 is 0 Å². The van der Waals surface area contributed by atoms with Gasteiger partial charge in [-0.05, 0) is 65.8 Å². The van der Waals surface area contributed by atoms with Crippen molar-refractivity contribution in [2.45, 2.75) is 48.0 Å². The number of aryl methyl sites for hydroxylation is 5. The number of carbonyl (C=O) groups excluding carboxylic acids is 1. The maximum Gasteiger partial charge on any atom is 0.251 e. The van der Waals surface area contributed by atoms with E-state index in [4.69, 9.17) is 4.42 Å². The molecule has 164 valence electrons. The zero-order valence-electron chi connectivity index (χ0n) is 19.1. The monoisotopic (exact) mass is 430 g/mol. The number of rotatable bonds is 5. The molecule has 0 radical (unpaired) electrons. The van der Waals surface area contributed by atoms with Gasteiger partial charge < -0.3 is 9.73 Å². The van der Waals surface area contributed by atoms with E-state index in [9.17, 15) is 4.79 Å². The van der Waals surface area contributed by atoms with Crippen molar-refractivity contribution < 1.29 is 9.21 Å². The lowest BCUT2D eigenvalue weighted by atomic mass is 10.1. The van der Waals surface area contributed by atoms with Crippen LogP contribution in [-0.2, 0) is 11.2 Å². The second-order valence-electron chi connectivity index (χ2n) is 7.98. The average Bonchev–Trinajstić information content (AvgIpc) is 3.21. The van der Waals surface area contributed by atoms with Gasteiger partial charge >= 0.3 is 0 Å². The van der Waals surface area contributed by atoms with Gasteiger partial charge in [0.15, 0.2) is 0 Å². The fourth-order valence-electron chi connectivity index (χ4n) is 3.62. The number of amides is 1. The summed E-state index contributed by atoms with van der Waals surface area (Å²) in [5.74, 6) is 1.70. The minimum Gasteiger partial charge on any atom is -0.441 e. The van der Waals surface area contributed by atoms with Crippen LogP contribution >= 0.6 is 0 Å². The number of hydrogen-bond donors (Lipinski definition) is 1. The highest BCUT2D eigenvalue weighted by Gasteiger charge is 2.18. The Morgan fingerprint density at radius 1 is 0.969 bits per heavy atom. The third-order valence-electron chi connectivity index (χ3n) is 5.36. The van der Waals surface area contributed by atoms with Crippen molar-refractivity contribution in [3.8, 4) is 17.4 Å². The average molecular weight is 431 g/mol. The van der Waals surface area contributed by atoms with Crippen LogP contribution < -0.4 is 5.32 Å². The van der Waals surface area contributed by atoms with Crippen LogP contribution in [0.25, 0.3) is 17.4 Å². The Kier molecular flexibility index (Phi) is 5.61. The number of anilines is 1. The molecule has 1 amide bonds. The highest BCUT2D eigenvalue weighted by molar-refractivity contribution is 5.93. The summed E-state index contributed by atoms with van der Waals surface area (Å²) in [5, 5.41) is 7.55. The molecule has 4 rings (SSSR count). The molecular formula is C24H26N6O2. The molecule has 4 aromatic rings. The van der Waals surface area contributed by atoms with Gasteiger partial charge in [0.05, 0.1) is 17.8 Å². The molecular weight excluding hydrogens is 404 g/mol. The van der Waals surface area contributed by atoms with Gasteiger partial charge in [-0.15, -0.1) is 0 Å². The number of aromatic nitrogens is 5. The molecule has 0 bridgehead atoms. The highest BCUT2D eigenvalue weighted by atomic mass is 16.4. The number of oxazole rings is 1. The molecule has 0 saturated carbocycles. The number of nitrogens with one attached hydrogen (secondary N) is 1. The van der Waals surface area contributed by atoms with Crippen molar-refractivity contribution in [3.63, 3.8) is 0 Å². The van der Waals surface area contributed by atoms with Crippen LogP contribution in [0.2, 0.25) is 0 Å². The van der Waals surface area contributed by atoms with Crippen molar-refractivity contribution in [2.24, 2.45) is 0 Å². The van der Waals surface area contributed by atoms with Crippen molar-refractivity contribution in [2.75, 3.05) is 5.32 Å². The summed E-state index contributed by atoms with van der Waals surface area (Å²) >= 11 is 0. The summed E-state index contributed by atoms with van der Waals surface area (Å²) in [6.07, 6.45) is 0.198. The normalized spacial score (nSPS) is 11.1. The van der Waals surface area contributed by atoms with Gasteiger partial charge in [-0.3, -0.25) is 4.79 Å². The number of carbonyl (C=O) groups is 1. The molecule has 0 aliphatic carbocycles. The zero-order valence-corrected chi connectivity index (χ0v) is 19.1. The molecule has 3 heterocycles. The molecule has 1 N–H and O–H groups in total. The van der Waals surface area contributed by atoms with Gasteiger partial charge in [0.2, 0.25) is 11.8 Å². The van der Waals surface area contributed by atoms with Crippen LogP contribution in [-0.4, -0.2) is 30.6 Å². The summed E-state index contributed by atoms with van der Waals surface area (Å²) in [4.78, 5) is 26.2. The van der Waals surface area contributed by atoms with Crippen molar-refractivity contribution >= 4 is 11.6 Å². The first-order valence-corrected chi connectivity index (χ1v) is 10.4. The van der Waals surface area contributed by atoms with E-state index in [1.165, 1.54) is 0 Å². The third-order valence-corrected chi connectivity index (χ3v) is 5.36. The second kappa shape index (κ2) is 8.37. The molecule has 0 fully saturated rings. The third kappa shape index (κ3) is 4.30. The van der Waals surface area contributed by atoms with E-state index in [2.05, 4.69) is 25.4 Å². The smallest absolute Gasteiger partial charge is 0.251 e. The Bertz CT molecular complexity index is 1280. The second-order valence-corrected chi connectivity index (χ2v) is 7.98. The first kappa shape index (κ1) is 21.4. The fraction of sp³-hybridized carbons (Fsp3) is 0.292. The fourth-order valence-corrected chi connectivity index (χ4v) is 3.62. The molecule has 0 unspecified atom stereocenters. The topological polar surface area (TPSA) is 98.7 Å². The lowest BCUT2D eigenvalue weighted by Gasteiger charge is -2.08. The molecule has 32 heavy (non-hydrogen) atoms. The van der Waals surface area contributed by atoms with Gasteiger partial charge in [0.25, 0.3) is 5.95 Å². The van der Waals surface area contributed by atoms with Gasteiger partial charge in [-0.25, -0.2) is 19.6 Å². The molecule has 8 heteroatoms. The molecule has 0 spiro atoms. The highest BCUT2D eigenvalue weighted by Crippen LogP contribution is 2.24. The minimum absolute atomic E-state index is 0.131. The standard InChI is InChI=1S/C24H26N6O2/c1-13-10-14(2)26-24(25-13)30-17(5)21(16(4)29-30)12-22(31)28-20-9-7-8-19(11-20)23-27-15(3)18(6)32-23/h7-11H,12H2,1-6H3,(H,28,31). The molecule has 8 nitrogen and oxygen atoms in total. The molecule has 3 aromatic heterocycles. The Labute approximate surface area is 186 Å². The SMILES string of the molecule is Cc1cc(C)nc(-n2nc(C)c(CC(=O)Nc3cccc(-c4nc(C)c(C)o4)c3)c2C)n1. The summed E-state index contributed by atoms with van der Waals surface area (Å²) in [7, 11) is 0. The van der Waals surface area contributed by atoms with Crippen LogP contribution in [0.1, 0.15) is 39.8 Å². The van der Waals surface area contributed by atoms with Gasteiger partial charge in [0, 0.05) is 33.9 Å². The largest absolute Gasteiger partial charge is 0.441 e. The molecule has 1 aromatic carbocycles. The number of nitrogens with zero attached hydrogens (tertiary/aromatic N) is 5. The van der Waals surface area contributed by atoms with Crippen LogP contribution in [0, 0.1) is 41.5 Å². The summed E-state index contributed by atoms with van der Waals surface area (Å²) in [6.45, 7) is 11.5. The molecule has 0 aliphatic heterocycles. The summed E-state index contributed by atoms with van der Waals surface area (Å²) in [6, 6.07) is 9.39. The van der Waals surface area contributed by atoms with Gasteiger partial charge in [0.1, 0.15) is 5.76 Å². The summed E-state index contributed by atoms with van der Waals surface area (Å²) < 4.78 is 7.40. The lowest BCUT2D eigenvalue weighted by molar-refractivity contribution is -0.115. The van der Waals surface area contributed by atoms with Crippen LogP contribution in [0.15, 0.2) is 34.7 Å². The van der Waals surface area contributed by atoms with E-state index in [0.717, 1.165) is 45.4 Å². The Morgan fingerprint density at radius 2 is 1.69 bits per heavy atom. The van der Waals surface area contributed by atoms with Gasteiger partial charge in [-0.1, -0.05) is 6.07 Å². The van der Waals surface area contributed by atoms with E-state index in [0.29, 0.717) is 17.5 Å². The first-order chi connectivity index (χ1) is 15.2. The molecule has 0 aliphatic rings. The molecule has 0 atom stereocenters. The maximum absolute atomic E-state index is 12.8. The Hall–Kier alpha value is -3.81. The number of benzene rings is 1. The van der Waals surface area contributed by atoms with Crippen LogP contribution in [0.4, 0.5) is 5.69 Å². The first-order valence-electron chi connectivity index (χ1n) is 10.4.